The van der Waals surface area contributed by atoms with Crippen molar-refractivity contribution in [2.24, 2.45) is 0 Å². The predicted molar refractivity (Wildman–Crippen MR) is 107 cm³/mol. The van der Waals surface area contributed by atoms with Gasteiger partial charge in [0.05, 0.1) is 18.6 Å². The molecule has 29 heavy (non-hydrogen) atoms. The van der Waals surface area contributed by atoms with E-state index >= 15 is 0 Å². The first-order valence-corrected chi connectivity index (χ1v) is 9.62. The maximum absolute atomic E-state index is 13.1. The standard InChI is InChI=1S/C21H23N3O5/c1-28-19-8-2-16(3-9-19)20(25)23-14-15-29-21(23)10-12-22(13-11-21)17-4-6-18(7-5-17)24(26)27/h2-9H,10-15H2,1H3. The molecule has 8 heteroatoms. The molecule has 1 spiro atoms. The van der Waals surface area contributed by atoms with Gasteiger partial charge in [0, 0.05) is 55.9 Å². The summed E-state index contributed by atoms with van der Waals surface area (Å²) in [6.45, 7) is 2.52. The lowest BCUT2D eigenvalue weighted by molar-refractivity contribution is -0.384. The molecule has 2 aliphatic heterocycles. The van der Waals surface area contributed by atoms with Gasteiger partial charge < -0.3 is 19.3 Å². The fourth-order valence-electron chi connectivity index (χ4n) is 4.10. The number of carbonyl (C=O) groups excluding carboxylic acids is 1. The van der Waals surface area contributed by atoms with E-state index in [0.717, 1.165) is 5.69 Å². The number of hydrogen-bond donors (Lipinski definition) is 0. The van der Waals surface area contributed by atoms with Gasteiger partial charge in [0.25, 0.3) is 11.6 Å². The van der Waals surface area contributed by atoms with Crippen molar-refractivity contribution in [2.45, 2.75) is 18.6 Å². The fraction of sp³-hybridized carbons (Fsp3) is 0.381. The molecule has 0 aliphatic carbocycles. The number of rotatable bonds is 4. The van der Waals surface area contributed by atoms with Crippen LogP contribution in [0.4, 0.5) is 11.4 Å². The summed E-state index contributed by atoms with van der Waals surface area (Å²) < 4.78 is 11.2. The van der Waals surface area contributed by atoms with Gasteiger partial charge in [0.15, 0.2) is 0 Å². The van der Waals surface area contributed by atoms with Gasteiger partial charge in [0.1, 0.15) is 11.5 Å². The van der Waals surface area contributed by atoms with Crippen molar-refractivity contribution in [1.29, 1.82) is 0 Å². The third kappa shape index (κ3) is 3.63. The Morgan fingerprint density at radius 2 is 1.72 bits per heavy atom. The highest BCUT2D eigenvalue weighted by atomic mass is 16.6. The second-order valence-electron chi connectivity index (χ2n) is 7.24. The molecule has 0 saturated carbocycles. The number of amides is 1. The monoisotopic (exact) mass is 397 g/mol. The summed E-state index contributed by atoms with van der Waals surface area (Å²) in [6, 6.07) is 13.7. The first-order valence-electron chi connectivity index (χ1n) is 9.62. The maximum Gasteiger partial charge on any atom is 0.269 e. The molecule has 0 bridgehead atoms. The lowest BCUT2D eigenvalue weighted by Gasteiger charge is -2.44. The molecule has 1 amide bonds. The van der Waals surface area contributed by atoms with E-state index in [-0.39, 0.29) is 11.6 Å². The van der Waals surface area contributed by atoms with Crippen molar-refractivity contribution in [3.05, 3.63) is 64.2 Å². The van der Waals surface area contributed by atoms with E-state index in [1.807, 2.05) is 4.90 Å². The number of anilines is 1. The Morgan fingerprint density at radius 3 is 2.31 bits per heavy atom. The van der Waals surface area contributed by atoms with E-state index < -0.39 is 10.6 Å². The van der Waals surface area contributed by atoms with Gasteiger partial charge in [-0.2, -0.15) is 0 Å². The minimum Gasteiger partial charge on any atom is -0.497 e. The molecule has 2 fully saturated rings. The molecule has 2 aromatic rings. The SMILES string of the molecule is COc1ccc(C(=O)N2CCOC23CCN(c2ccc([N+](=O)[O-])cc2)CC3)cc1. The second-order valence-corrected chi connectivity index (χ2v) is 7.24. The van der Waals surface area contributed by atoms with Crippen LogP contribution >= 0.6 is 0 Å². The van der Waals surface area contributed by atoms with Crippen molar-refractivity contribution in [3.63, 3.8) is 0 Å². The molecule has 0 radical (unpaired) electrons. The van der Waals surface area contributed by atoms with Crippen LogP contribution in [-0.2, 0) is 4.74 Å². The molecule has 0 aromatic heterocycles. The number of piperidine rings is 1. The number of nitro groups is 1. The van der Waals surface area contributed by atoms with Crippen LogP contribution in [0.1, 0.15) is 23.2 Å². The van der Waals surface area contributed by atoms with Crippen molar-refractivity contribution in [1.82, 2.24) is 4.90 Å². The minimum absolute atomic E-state index is 0.0334. The number of non-ortho nitro benzene ring substituents is 1. The third-order valence-electron chi connectivity index (χ3n) is 5.73. The van der Waals surface area contributed by atoms with Gasteiger partial charge in [-0.05, 0) is 36.4 Å². The van der Waals surface area contributed by atoms with Gasteiger partial charge in [0.2, 0.25) is 0 Å². The van der Waals surface area contributed by atoms with Crippen LogP contribution in [-0.4, -0.2) is 54.8 Å². The highest BCUT2D eigenvalue weighted by Gasteiger charge is 2.47. The zero-order valence-electron chi connectivity index (χ0n) is 16.2. The van der Waals surface area contributed by atoms with E-state index in [1.54, 1.807) is 43.5 Å². The normalized spacial score (nSPS) is 18.1. The number of methoxy groups -OCH3 is 1. The van der Waals surface area contributed by atoms with Gasteiger partial charge in [-0.3, -0.25) is 14.9 Å². The second kappa shape index (κ2) is 7.71. The van der Waals surface area contributed by atoms with Crippen LogP contribution in [0.15, 0.2) is 48.5 Å². The van der Waals surface area contributed by atoms with Gasteiger partial charge in [-0.25, -0.2) is 0 Å². The number of ether oxygens (including phenoxy) is 2. The maximum atomic E-state index is 13.1. The Morgan fingerprint density at radius 1 is 1.07 bits per heavy atom. The fourth-order valence-corrected chi connectivity index (χ4v) is 4.10. The molecule has 2 aromatic carbocycles. The molecule has 2 heterocycles. The van der Waals surface area contributed by atoms with E-state index in [9.17, 15) is 14.9 Å². The third-order valence-corrected chi connectivity index (χ3v) is 5.73. The summed E-state index contributed by atoms with van der Waals surface area (Å²) in [5, 5.41) is 10.8. The molecule has 2 aliphatic rings. The van der Waals surface area contributed by atoms with E-state index in [2.05, 4.69) is 4.90 Å². The van der Waals surface area contributed by atoms with Crippen molar-refractivity contribution >= 4 is 17.3 Å². The van der Waals surface area contributed by atoms with E-state index in [0.29, 0.717) is 50.4 Å². The Labute approximate surface area is 168 Å². The zero-order valence-corrected chi connectivity index (χ0v) is 16.2. The number of nitro benzene ring substituents is 1. The van der Waals surface area contributed by atoms with Crippen LogP contribution < -0.4 is 9.64 Å². The van der Waals surface area contributed by atoms with Crippen LogP contribution in [0.25, 0.3) is 0 Å². The average Bonchev–Trinajstić information content (AvgIpc) is 3.16. The van der Waals surface area contributed by atoms with E-state index in [1.165, 1.54) is 12.1 Å². The quantitative estimate of drug-likeness (QED) is 0.582. The van der Waals surface area contributed by atoms with Crippen LogP contribution in [0.2, 0.25) is 0 Å². The number of nitrogens with zero attached hydrogens (tertiary/aromatic N) is 3. The summed E-state index contributed by atoms with van der Waals surface area (Å²) in [4.78, 5) is 27.6. The van der Waals surface area contributed by atoms with Gasteiger partial charge in [-0.15, -0.1) is 0 Å². The number of hydrogen-bond acceptors (Lipinski definition) is 6. The smallest absolute Gasteiger partial charge is 0.269 e. The molecule has 8 nitrogen and oxygen atoms in total. The average molecular weight is 397 g/mol. The lowest BCUT2D eigenvalue weighted by atomic mass is 9.97. The summed E-state index contributed by atoms with van der Waals surface area (Å²) in [5.74, 6) is 0.680. The van der Waals surface area contributed by atoms with Gasteiger partial charge in [-0.1, -0.05) is 0 Å². The van der Waals surface area contributed by atoms with Crippen LogP contribution in [0.3, 0.4) is 0 Å². The first-order chi connectivity index (χ1) is 14.0. The lowest BCUT2D eigenvalue weighted by Crippen LogP contribution is -2.55. The molecule has 2 saturated heterocycles. The summed E-state index contributed by atoms with van der Waals surface area (Å²) >= 11 is 0. The van der Waals surface area contributed by atoms with Crippen LogP contribution in [0.5, 0.6) is 5.75 Å². The Hall–Kier alpha value is -3.13. The minimum atomic E-state index is -0.589. The molecule has 0 unspecified atom stereocenters. The van der Waals surface area contributed by atoms with Crippen molar-refractivity contribution in [2.75, 3.05) is 38.3 Å². The van der Waals surface area contributed by atoms with Crippen LogP contribution in [0, 0.1) is 10.1 Å². The van der Waals surface area contributed by atoms with Crippen molar-refractivity contribution < 1.29 is 19.2 Å². The molecular weight excluding hydrogens is 374 g/mol. The molecule has 0 atom stereocenters. The topological polar surface area (TPSA) is 85.1 Å². The Kier molecular flexibility index (Phi) is 5.10. The predicted octanol–water partition coefficient (Wildman–Crippen LogP) is 3.07. The highest BCUT2D eigenvalue weighted by molar-refractivity contribution is 5.95. The zero-order chi connectivity index (χ0) is 20.4. The molecule has 152 valence electrons. The summed E-state index contributed by atoms with van der Waals surface area (Å²) in [5.41, 5.74) is 1.05. The summed E-state index contributed by atoms with van der Waals surface area (Å²) in [7, 11) is 1.60. The largest absolute Gasteiger partial charge is 0.497 e. The number of benzene rings is 2. The summed E-state index contributed by atoms with van der Waals surface area (Å²) in [6.07, 6.45) is 1.37. The first kappa shape index (κ1) is 19.2. The Bertz CT molecular complexity index is 890. The molecular formula is C21H23N3O5. The highest BCUT2D eigenvalue weighted by Crippen LogP contribution is 2.37. The van der Waals surface area contributed by atoms with Crippen molar-refractivity contribution in [3.8, 4) is 5.75 Å². The molecule has 4 rings (SSSR count). The molecule has 0 N–H and O–H groups in total. The van der Waals surface area contributed by atoms with E-state index in [4.69, 9.17) is 9.47 Å². The Balaban J connectivity index is 1.46. The van der Waals surface area contributed by atoms with Gasteiger partial charge >= 0.3 is 0 Å². The number of carbonyl (C=O) groups is 1.